The number of hydrogen-bond donors (Lipinski definition) is 2. The van der Waals surface area contributed by atoms with Crippen LogP contribution < -0.4 is 5.73 Å². The molecule has 0 spiro atoms. The molecule has 1 rings (SSSR count). The Morgan fingerprint density at radius 3 is 1.84 bits per heavy atom. The second kappa shape index (κ2) is 11.3. The molecule has 0 saturated carbocycles. The fraction of sp³-hybridized carbons (Fsp3) is 0.846. The Bertz CT molecular complexity index is 434. The van der Waals surface area contributed by atoms with E-state index in [4.69, 9.17) is 58.5 Å². The van der Waals surface area contributed by atoms with Crippen LogP contribution in [0.4, 0.5) is 0 Å². The monoisotopic (exact) mass is 425 g/mol. The fourth-order valence-corrected chi connectivity index (χ4v) is 2.03. The van der Waals surface area contributed by atoms with Gasteiger partial charge in [-0.3, -0.25) is 9.59 Å². The van der Waals surface area contributed by atoms with E-state index in [2.05, 4.69) is 5.73 Å². The number of esters is 1. The highest BCUT2D eigenvalue weighted by Gasteiger charge is 2.46. The number of aliphatic hydroxyl groups is 1. The van der Waals surface area contributed by atoms with Gasteiger partial charge in [0, 0.05) is 28.3 Å². The number of nitrogens with two attached hydrogens (primary N) is 1. The summed E-state index contributed by atoms with van der Waals surface area (Å²) in [4.78, 5) is 20.6. The maximum atomic E-state index is 10.8. The molecule has 1 aliphatic heterocycles. The number of ether oxygens (including phenoxy) is 5. The number of alkyl halides is 3. The van der Waals surface area contributed by atoms with Crippen LogP contribution in [0.3, 0.4) is 0 Å². The number of rotatable bonds is 5. The van der Waals surface area contributed by atoms with Crippen LogP contribution >= 0.6 is 34.8 Å². The van der Waals surface area contributed by atoms with Gasteiger partial charge in [-0.2, -0.15) is 0 Å². The van der Waals surface area contributed by atoms with Gasteiger partial charge in [0.05, 0.1) is 0 Å². The standard InChI is InChI=1S/C11H20O7.C2H2Cl3NO/c1-6(12)17-5-7-8(14-2)9(15-3)10(16-4)11(13)18-7;3-2(4,5)1(6)7/h7-11,13H,5H2,1-4H3;(H2,6,7)/t7-,8-,9+,10-,11?;/m1./s1. The Balaban J connectivity index is 0.000000697. The van der Waals surface area contributed by atoms with Crippen molar-refractivity contribution in [2.75, 3.05) is 27.9 Å². The molecule has 0 aromatic rings. The Morgan fingerprint density at radius 2 is 1.52 bits per heavy atom. The lowest BCUT2D eigenvalue weighted by Crippen LogP contribution is -2.60. The minimum absolute atomic E-state index is 0.0127. The van der Waals surface area contributed by atoms with Gasteiger partial charge in [0.2, 0.25) is 0 Å². The predicted octanol–water partition coefficient (Wildman–Crippen LogP) is 0.154. The minimum Gasteiger partial charge on any atom is -0.463 e. The quantitative estimate of drug-likeness (QED) is 0.470. The number of amides is 1. The summed E-state index contributed by atoms with van der Waals surface area (Å²) in [5.74, 6) is -1.39. The van der Waals surface area contributed by atoms with E-state index in [-0.39, 0.29) is 6.61 Å². The van der Waals surface area contributed by atoms with Crippen LogP contribution in [0.15, 0.2) is 0 Å². The second-order valence-corrected chi connectivity index (χ2v) is 7.11. The van der Waals surface area contributed by atoms with Gasteiger partial charge in [-0.1, -0.05) is 34.8 Å². The number of hydrogen-bond acceptors (Lipinski definition) is 8. The largest absolute Gasteiger partial charge is 0.463 e. The van der Waals surface area contributed by atoms with Crippen molar-refractivity contribution >= 4 is 46.7 Å². The summed E-state index contributed by atoms with van der Waals surface area (Å²) in [7, 11) is 4.43. The van der Waals surface area contributed by atoms with E-state index in [0.29, 0.717) is 0 Å². The van der Waals surface area contributed by atoms with Crippen LogP contribution in [-0.2, 0) is 33.3 Å². The van der Waals surface area contributed by atoms with Crippen molar-refractivity contribution in [3.05, 3.63) is 0 Å². The van der Waals surface area contributed by atoms with Crippen LogP contribution in [0, 0.1) is 0 Å². The van der Waals surface area contributed by atoms with Crippen molar-refractivity contribution in [3.63, 3.8) is 0 Å². The average molecular weight is 427 g/mol. The molecule has 0 aliphatic carbocycles. The van der Waals surface area contributed by atoms with E-state index in [0.717, 1.165) is 0 Å². The molecule has 0 bridgehead atoms. The molecule has 148 valence electrons. The van der Waals surface area contributed by atoms with Crippen LogP contribution in [-0.4, -0.2) is 79.4 Å². The first-order valence-corrected chi connectivity index (χ1v) is 8.04. The van der Waals surface area contributed by atoms with Crippen LogP contribution in [0.1, 0.15) is 6.92 Å². The molecule has 1 unspecified atom stereocenters. The molecular formula is C13H22Cl3NO8. The van der Waals surface area contributed by atoms with Crippen molar-refractivity contribution < 1.29 is 38.4 Å². The molecule has 0 aromatic carbocycles. The molecule has 5 atom stereocenters. The highest BCUT2D eigenvalue weighted by Crippen LogP contribution is 2.26. The average Bonchev–Trinajstić information content (AvgIpc) is 2.51. The summed E-state index contributed by atoms with van der Waals surface area (Å²) in [5, 5.41) is 9.80. The molecule has 1 aliphatic rings. The number of carbonyl (C=O) groups is 2. The van der Waals surface area contributed by atoms with Crippen molar-refractivity contribution in [1.29, 1.82) is 0 Å². The van der Waals surface area contributed by atoms with Gasteiger partial charge in [-0.25, -0.2) is 0 Å². The third-order valence-corrected chi connectivity index (χ3v) is 3.71. The Labute approximate surface area is 160 Å². The SMILES string of the molecule is CO[C@H]1[C@H](OC)[C@@H](OC)C(O)O[C@@H]1COC(C)=O.NC(=O)C(Cl)(Cl)Cl. The zero-order chi connectivity index (χ0) is 19.8. The van der Waals surface area contributed by atoms with Crippen molar-refractivity contribution in [1.82, 2.24) is 0 Å². The lowest BCUT2D eigenvalue weighted by Gasteiger charge is -2.42. The van der Waals surface area contributed by atoms with Crippen LogP contribution in [0.2, 0.25) is 0 Å². The summed E-state index contributed by atoms with van der Waals surface area (Å²) in [6.07, 6.45) is -3.43. The molecule has 1 heterocycles. The van der Waals surface area contributed by atoms with Crippen molar-refractivity contribution in [2.45, 2.75) is 41.4 Å². The molecule has 9 nitrogen and oxygen atoms in total. The molecule has 0 radical (unpaired) electrons. The lowest BCUT2D eigenvalue weighted by atomic mass is 9.98. The Hall–Kier alpha value is -0.390. The Morgan fingerprint density at radius 1 is 1.08 bits per heavy atom. The van der Waals surface area contributed by atoms with E-state index >= 15 is 0 Å². The van der Waals surface area contributed by atoms with Gasteiger partial charge in [-0.15, -0.1) is 0 Å². The Kier molecular flexibility index (Phi) is 11.2. The third-order valence-electron chi connectivity index (χ3n) is 3.16. The highest BCUT2D eigenvalue weighted by atomic mass is 35.6. The highest BCUT2D eigenvalue weighted by molar-refractivity contribution is 6.76. The van der Waals surface area contributed by atoms with Gasteiger partial charge in [0.25, 0.3) is 9.70 Å². The molecule has 25 heavy (non-hydrogen) atoms. The van der Waals surface area contributed by atoms with E-state index < -0.39 is 46.4 Å². The maximum absolute atomic E-state index is 10.8. The van der Waals surface area contributed by atoms with Gasteiger partial charge < -0.3 is 34.5 Å². The first-order valence-electron chi connectivity index (χ1n) is 6.91. The molecule has 1 saturated heterocycles. The molecule has 1 amide bonds. The van der Waals surface area contributed by atoms with Gasteiger partial charge in [-0.05, 0) is 0 Å². The normalized spacial score (nSPS) is 29.4. The summed E-state index contributed by atoms with van der Waals surface area (Å²) >= 11 is 14.8. The summed E-state index contributed by atoms with van der Waals surface area (Å²) in [5.41, 5.74) is 4.53. The van der Waals surface area contributed by atoms with Crippen LogP contribution in [0.25, 0.3) is 0 Å². The van der Waals surface area contributed by atoms with E-state index in [9.17, 15) is 14.7 Å². The summed E-state index contributed by atoms with van der Waals surface area (Å²) < 4.78 is 23.9. The van der Waals surface area contributed by atoms with Gasteiger partial charge in [0.15, 0.2) is 6.29 Å². The lowest BCUT2D eigenvalue weighted by molar-refractivity contribution is -0.300. The topological polar surface area (TPSA) is 127 Å². The molecular weight excluding hydrogens is 405 g/mol. The van der Waals surface area contributed by atoms with Crippen molar-refractivity contribution in [3.8, 4) is 0 Å². The number of primary amides is 1. The summed E-state index contributed by atoms with van der Waals surface area (Å²) in [6.45, 7) is 1.29. The number of methoxy groups -OCH3 is 3. The molecule has 12 heteroatoms. The number of carbonyl (C=O) groups excluding carboxylic acids is 2. The molecule has 0 aromatic heterocycles. The van der Waals surface area contributed by atoms with Gasteiger partial charge >= 0.3 is 5.97 Å². The fourth-order valence-electron chi connectivity index (χ4n) is 2.03. The number of halogens is 3. The van der Waals surface area contributed by atoms with E-state index in [1.807, 2.05) is 0 Å². The molecule has 3 N–H and O–H groups in total. The first kappa shape index (κ1) is 24.6. The minimum atomic E-state index is -1.94. The van der Waals surface area contributed by atoms with E-state index in [1.54, 1.807) is 0 Å². The number of aliphatic hydroxyl groups excluding tert-OH is 1. The predicted molar refractivity (Wildman–Crippen MR) is 89.4 cm³/mol. The van der Waals surface area contributed by atoms with Gasteiger partial charge in [0.1, 0.15) is 31.0 Å². The second-order valence-electron chi connectivity index (χ2n) is 4.83. The molecule has 1 fully saturated rings. The zero-order valence-corrected chi connectivity index (χ0v) is 16.4. The maximum Gasteiger partial charge on any atom is 0.302 e. The third kappa shape index (κ3) is 8.23. The van der Waals surface area contributed by atoms with Crippen molar-refractivity contribution in [2.24, 2.45) is 5.73 Å². The zero-order valence-electron chi connectivity index (χ0n) is 14.1. The summed E-state index contributed by atoms with van der Waals surface area (Å²) in [6, 6.07) is 0. The van der Waals surface area contributed by atoms with E-state index in [1.165, 1.54) is 28.3 Å². The van der Waals surface area contributed by atoms with Crippen LogP contribution in [0.5, 0.6) is 0 Å². The first-order chi connectivity index (χ1) is 11.5. The smallest absolute Gasteiger partial charge is 0.302 e.